The van der Waals surface area contributed by atoms with Gasteiger partial charge in [0.1, 0.15) is 11.5 Å². The van der Waals surface area contributed by atoms with E-state index in [1.54, 1.807) is 6.92 Å². The second-order valence-electron chi connectivity index (χ2n) is 3.90. The van der Waals surface area contributed by atoms with Crippen molar-refractivity contribution in [2.24, 2.45) is 5.73 Å². The van der Waals surface area contributed by atoms with Gasteiger partial charge in [-0.25, -0.2) is 0 Å². The topological polar surface area (TPSA) is 64.3 Å². The maximum atomic E-state index is 10.8. The second-order valence-corrected chi connectivity index (χ2v) is 3.90. The molecule has 94 valence electrons. The minimum absolute atomic E-state index is 0.141. The van der Waals surface area contributed by atoms with Crippen LogP contribution in [0.5, 0.6) is 5.75 Å². The van der Waals surface area contributed by atoms with Gasteiger partial charge < -0.3 is 15.8 Å². The third-order valence-corrected chi connectivity index (χ3v) is 2.27. The second kappa shape index (κ2) is 7.68. The van der Waals surface area contributed by atoms with Crippen molar-refractivity contribution in [2.45, 2.75) is 19.8 Å². The molecule has 0 radical (unpaired) electrons. The summed E-state index contributed by atoms with van der Waals surface area (Å²) in [6, 6.07) is 7.72. The van der Waals surface area contributed by atoms with Crippen molar-refractivity contribution in [3.63, 3.8) is 0 Å². The van der Waals surface area contributed by atoms with Gasteiger partial charge in [0.15, 0.2) is 0 Å². The van der Waals surface area contributed by atoms with Crippen molar-refractivity contribution in [1.82, 2.24) is 0 Å². The summed E-state index contributed by atoms with van der Waals surface area (Å²) in [5, 5.41) is 3.26. The molecule has 1 rings (SSSR count). The Bertz CT molecular complexity index is 353. The zero-order chi connectivity index (χ0) is 12.5. The number of carbonyl (C=O) groups excluding carboxylic acids is 1. The van der Waals surface area contributed by atoms with E-state index in [1.165, 1.54) is 0 Å². The van der Waals surface area contributed by atoms with Crippen molar-refractivity contribution in [3.05, 3.63) is 24.3 Å². The van der Waals surface area contributed by atoms with Crippen LogP contribution < -0.4 is 15.8 Å². The average molecular weight is 236 g/mol. The van der Waals surface area contributed by atoms with E-state index in [0.29, 0.717) is 19.6 Å². The fraction of sp³-hybridized carbons (Fsp3) is 0.462. The third-order valence-electron chi connectivity index (χ3n) is 2.27. The van der Waals surface area contributed by atoms with Crippen LogP contribution >= 0.6 is 0 Å². The standard InChI is InChI=1S/C13H20N2O2/c1-11(16)6-9-17-13-5-2-4-12(10-13)15-8-3-7-14/h2,4-5,10,15H,3,6-9,14H2,1H3. The number of anilines is 1. The SMILES string of the molecule is CC(=O)CCOc1cccc(NCCCN)c1. The first-order valence-electron chi connectivity index (χ1n) is 5.88. The Labute approximate surface area is 102 Å². The highest BCUT2D eigenvalue weighted by Crippen LogP contribution is 2.17. The summed E-state index contributed by atoms with van der Waals surface area (Å²) in [7, 11) is 0. The summed E-state index contributed by atoms with van der Waals surface area (Å²) in [6.07, 6.45) is 1.39. The van der Waals surface area contributed by atoms with E-state index in [2.05, 4.69) is 5.32 Å². The fourth-order valence-electron chi connectivity index (χ4n) is 1.34. The molecule has 0 aliphatic carbocycles. The Morgan fingerprint density at radius 3 is 3.00 bits per heavy atom. The lowest BCUT2D eigenvalue weighted by molar-refractivity contribution is -0.117. The van der Waals surface area contributed by atoms with Gasteiger partial charge in [0.25, 0.3) is 0 Å². The highest BCUT2D eigenvalue weighted by molar-refractivity contribution is 5.75. The van der Waals surface area contributed by atoms with Crippen LogP contribution in [0, 0.1) is 0 Å². The van der Waals surface area contributed by atoms with Gasteiger partial charge in [0.05, 0.1) is 6.61 Å². The molecule has 0 unspecified atom stereocenters. The van der Waals surface area contributed by atoms with Gasteiger partial charge >= 0.3 is 0 Å². The summed E-state index contributed by atoms with van der Waals surface area (Å²) in [6.45, 7) is 3.53. The molecule has 4 heteroatoms. The molecule has 0 amide bonds. The molecule has 0 heterocycles. The normalized spacial score (nSPS) is 10.0. The number of carbonyl (C=O) groups is 1. The fourth-order valence-corrected chi connectivity index (χ4v) is 1.34. The number of benzene rings is 1. The molecule has 0 bridgehead atoms. The lowest BCUT2D eigenvalue weighted by Gasteiger charge is -2.09. The molecule has 0 aromatic heterocycles. The average Bonchev–Trinajstić information content (AvgIpc) is 2.29. The van der Waals surface area contributed by atoms with E-state index in [9.17, 15) is 4.79 Å². The summed E-state index contributed by atoms with van der Waals surface area (Å²) in [5.74, 6) is 0.922. The molecule has 17 heavy (non-hydrogen) atoms. The maximum absolute atomic E-state index is 10.8. The molecule has 0 aliphatic heterocycles. The molecular formula is C13H20N2O2. The Morgan fingerprint density at radius 1 is 1.47 bits per heavy atom. The maximum Gasteiger partial charge on any atom is 0.133 e. The Balaban J connectivity index is 2.39. The van der Waals surface area contributed by atoms with E-state index in [4.69, 9.17) is 10.5 Å². The molecule has 1 aromatic carbocycles. The smallest absolute Gasteiger partial charge is 0.133 e. The minimum atomic E-state index is 0.141. The highest BCUT2D eigenvalue weighted by atomic mass is 16.5. The first-order valence-corrected chi connectivity index (χ1v) is 5.88. The molecule has 0 saturated heterocycles. The molecule has 0 fully saturated rings. The molecule has 0 atom stereocenters. The molecular weight excluding hydrogens is 216 g/mol. The van der Waals surface area contributed by atoms with Gasteiger partial charge in [-0.1, -0.05) is 6.07 Å². The molecule has 3 N–H and O–H groups in total. The first kappa shape index (κ1) is 13.5. The largest absolute Gasteiger partial charge is 0.493 e. The third kappa shape index (κ3) is 5.92. The monoisotopic (exact) mass is 236 g/mol. The Hall–Kier alpha value is -1.55. The zero-order valence-corrected chi connectivity index (χ0v) is 10.2. The van der Waals surface area contributed by atoms with E-state index in [-0.39, 0.29) is 5.78 Å². The number of ketones is 1. The van der Waals surface area contributed by atoms with Crippen LogP contribution in [0.15, 0.2) is 24.3 Å². The molecule has 1 aromatic rings. The van der Waals surface area contributed by atoms with Gasteiger partial charge in [0, 0.05) is 24.7 Å². The zero-order valence-electron chi connectivity index (χ0n) is 10.2. The van der Waals surface area contributed by atoms with Crippen LogP contribution in [0.2, 0.25) is 0 Å². The Kier molecular flexibility index (Phi) is 6.10. The summed E-state index contributed by atoms with van der Waals surface area (Å²) in [5.41, 5.74) is 6.43. The van der Waals surface area contributed by atoms with Gasteiger partial charge in [-0.05, 0) is 32.0 Å². The summed E-state index contributed by atoms with van der Waals surface area (Å²) >= 11 is 0. The van der Waals surface area contributed by atoms with Crippen LogP contribution in [-0.4, -0.2) is 25.5 Å². The number of nitrogens with one attached hydrogen (secondary N) is 1. The molecule has 0 saturated carbocycles. The lowest BCUT2D eigenvalue weighted by Crippen LogP contribution is -2.08. The minimum Gasteiger partial charge on any atom is -0.493 e. The van der Waals surface area contributed by atoms with E-state index in [0.717, 1.165) is 24.4 Å². The van der Waals surface area contributed by atoms with Crippen molar-refractivity contribution < 1.29 is 9.53 Å². The van der Waals surface area contributed by atoms with Crippen molar-refractivity contribution in [2.75, 3.05) is 25.0 Å². The van der Waals surface area contributed by atoms with Gasteiger partial charge in [-0.2, -0.15) is 0 Å². The molecule has 0 aliphatic rings. The number of ether oxygens (including phenoxy) is 1. The quantitative estimate of drug-likeness (QED) is 0.676. The number of hydrogen-bond donors (Lipinski definition) is 2. The number of hydrogen-bond acceptors (Lipinski definition) is 4. The Morgan fingerprint density at radius 2 is 2.29 bits per heavy atom. The van der Waals surface area contributed by atoms with Crippen LogP contribution in [-0.2, 0) is 4.79 Å². The predicted octanol–water partition coefficient (Wildman–Crippen LogP) is 1.81. The first-order chi connectivity index (χ1) is 8.22. The van der Waals surface area contributed by atoms with Crippen molar-refractivity contribution in [1.29, 1.82) is 0 Å². The van der Waals surface area contributed by atoms with Crippen LogP contribution in [0.3, 0.4) is 0 Å². The van der Waals surface area contributed by atoms with Gasteiger partial charge in [-0.15, -0.1) is 0 Å². The highest BCUT2D eigenvalue weighted by Gasteiger charge is 1.98. The van der Waals surface area contributed by atoms with Crippen LogP contribution in [0.25, 0.3) is 0 Å². The molecule has 4 nitrogen and oxygen atoms in total. The van der Waals surface area contributed by atoms with Crippen molar-refractivity contribution in [3.8, 4) is 5.75 Å². The number of rotatable bonds is 8. The van der Waals surface area contributed by atoms with Gasteiger partial charge in [-0.3, -0.25) is 4.79 Å². The van der Waals surface area contributed by atoms with E-state index >= 15 is 0 Å². The van der Waals surface area contributed by atoms with Crippen molar-refractivity contribution >= 4 is 11.5 Å². The number of nitrogens with two attached hydrogens (primary N) is 1. The van der Waals surface area contributed by atoms with Crippen LogP contribution in [0.1, 0.15) is 19.8 Å². The summed E-state index contributed by atoms with van der Waals surface area (Å²) < 4.78 is 5.48. The van der Waals surface area contributed by atoms with E-state index < -0.39 is 0 Å². The summed E-state index contributed by atoms with van der Waals surface area (Å²) in [4.78, 5) is 10.8. The predicted molar refractivity (Wildman–Crippen MR) is 69.4 cm³/mol. The number of Topliss-reactive ketones (excluding diaryl/α,β-unsaturated/α-hetero) is 1. The van der Waals surface area contributed by atoms with Crippen LogP contribution in [0.4, 0.5) is 5.69 Å². The molecule has 0 spiro atoms. The van der Waals surface area contributed by atoms with Gasteiger partial charge in [0.2, 0.25) is 0 Å². The van der Waals surface area contributed by atoms with E-state index in [1.807, 2.05) is 24.3 Å². The lowest BCUT2D eigenvalue weighted by atomic mass is 10.3.